The molecule has 1 heterocycles. The van der Waals surface area contributed by atoms with Gasteiger partial charge in [0.2, 0.25) is 5.91 Å². The summed E-state index contributed by atoms with van der Waals surface area (Å²) in [5.74, 6) is -0.385. The summed E-state index contributed by atoms with van der Waals surface area (Å²) in [4.78, 5) is 25.3. The maximum Gasteiger partial charge on any atom is 0.253 e. The highest BCUT2D eigenvalue weighted by atomic mass is 79.9. The maximum atomic E-state index is 12.0. The lowest BCUT2D eigenvalue weighted by Gasteiger charge is -2.13. The van der Waals surface area contributed by atoms with Gasteiger partial charge in [0.15, 0.2) is 0 Å². The van der Waals surface area contributed by atoms with Crippen LogP contribution in [0, 0.1) is 0 Å². The van der Waals surface area contributed by atoms with E-state index in [0.717, 1.165) is 4.47 Å². The fourth-order valence-electron chi connectivity index (χ4n) is 1.86. The smallest absolute Gasteiger partial charge is 0.253 e. The number of carbonyl (C=O) groups excluding carboxylic acids is 2. The molecule has 0 unspecified atom stereocenters. The van der Waals surface area contributed by atoms with Gasteiger partial charge in [0.05, 0.1) is 10.6 Å². The first-order valence-corrected chi connectivity index (χ1v) is 6.67. The molecule has 1 aromatic rings. The Kier molecular flexibility index (Phi) is 3.92. The Morgan fingerprint density at radius 3 is 2.89 bits per heavy atom. The van der Waals surface area contributed by atoms with E-state index in [1.54, 1.807) is 30.1 Å². The molecule has 96 valence electrons. The van der Waals surface area contributed by atoms with E-state index in [9.17, 15) is 9.59 Å². The number of hydrogen-bond acceptors (Lipinski definition) is 2. The average Bonchev–Trinajstić information content (AvgIpc) is 2.64. The van der Waals surface area contributed by atoms with Crippen molar-refractivity contribution in [2.45, 2.75) is 12.5 Å². The Hall–Kier alpha value is -1.07. The highest BCUT2D eigenvalue weighted by Crippen LogP contribution is 2.21. The van der Waals surface area contributed by atoms with Gasteiger partial charge < -0.3 is 10.2 Å². The summed E-state index contributed by atoms with van der Waals surface area (Å²) in [5.41, 5.74) is 0.369. The summed E-state index contributed by atoms with van der Waals surface area (Å²) < 4.78 is 0.770. The monoisotopic (exact) mass is 330 g/mol. The lowest BCUT2D eigenvalue weighted by atomic mass is 10.2. The van der Waals surface area contributed by atoms with Crippen LogP contribution in [0.3, 0.4) is 0 Å². The Labute approximate surface area is 118 Å². The summed E-state index contributed by atoms with van der Waals surface area (Å²) in [7, 11) is 1.72. The molecule has 4 nitrogen and oxygen atoms in total. The van der Waals surface area contributed by atoms with Gasteiger partial charge in [0.25, 0.3) is 5.91 Å². The number of hydrogen-bond donors (Lipinski definition) is 1. The summed E-state index contributed by atoms with van der Waals surface area (Å²) in [6.07, 6.45) is 0.632. The number of likely N-dealkylation sites (N-methyl/N-ethyl adjacent to an activating group) is 1. The van der Waals surface area contributed by atoms with Gasteiger partial charge >= 0.3 is 0 Å². The van der Waals surface area contributed by atoms with Crippen LogP contribution in [0.5, 0.6) is 0 Å². The number of likely N-dealkylation sites (tertiary alicyclic amines) is 1. The Morgan fingerprint density at radius 2 is 2.28 bits per heavy atom. The molecule has 1 fully saturated rings. The molecular weight excluding hydrogens is 320 g/mol. The molecule has 1 aromatic carbocycles. The first-order chi connectivity index (χ1) is 8.49. The van der Waals surface area contributed by atoms with Crippen LogP contribution < -0.4 is 5.32 Å². The summed E-state index contributed by atoms with van der Waals surface area (Å²) >= 11 is 9.25. The minimum absolute atomic E-state index is 0.0607. The number of amides is 2. The normalized spacial score (nSPS) is 19.2. The van der Waals surface area contributed by atoms with E-state index in [2.05, 4.69) is 21.2 Å². The first-order valence-electron chi connectivity index (χ1n) is 5.50. The second kappa shape index (κ2) is 5.28. The van der Waals surface area contributed by atoms with Crippen molar-refractivity contribution in [3.63, 3.8) is 0 Å². The summed E-state index contributed by atoms with van der Waals surface area (Å²) in [5, 5.41) is 3.08. The fraction of sp³-hybridized carbons (Fsp3) is 0.333. The van der Waals surface area contributed by atoms with Crippen LogP contribution in [0.2, 0.25) is 5.02 Å². The molecule has 1 aliphatic heterocycles. The van der Waals surface area contributed by atoms with Crippen molar-refractivity contribution >= 4 is 39.3 Å². The molecular formula is C12H12BrClN2O2. The molecule has 1 N–H and O–H groups in total. The molecule has 0 aliphatic carbocycles. The number of rotatable bonds is 2. The van der Waals surface area contributed by atoms with E-state index in [1.807, 2.05) is 0 Å². The number of nitrogens with one attached hydrogen (secondary N) is 1. The van der Waals surface area contributed by atoms with Crippen molar-refractivity contribution in [2.75, 3.05) is 13.6 Å². The van der Waals surface area contributed by atoms with Crippen LogP contribution in [0.25, 0.3) is 0 Å². The average molecular weight is 332 g/mol. The quantitative estimate of drug-likeness (QED) is 0.902. The van der Waals surface area contributed by atoms with E-state index in [-0.39, 0.29) is 11.8 Å². The molecule has 0 radical (unpaired) electrons. The van der Waals surface area contributed by atoms with Gasteiger partial charge in [-0.2, -0.15) is 0 Å². The van der Waals surface area contributed by atoms with Crippen LogP contribution in [0.1, 0.15) is 16.8 Å². The molecule has 0 saturated carbocycles. The molecule has 1 saturated heterocycles. The molecule has 2 rings (SSSR count). The third kappa shape index (κ3) is 2.67. The van der Waals surface area contributed by atoms with Crippen molar-refractivity contribution in [2.24, 2.45) is 0 Å². The molecule has 18 heavy (non-hydrogen) atoms. The van der Waals surface area contributed by atoms with Gasteiger partial charge in [-0.25, -0.2) is 0 Å². The van der Waals surface area contributed by atoms with Gasteiger partial charge in [0.1, 0.15) is 6.04 Å². The zero-order chi connectivity index (χ0) is 13.3. The first kappa shape index (κ1) is 13.4. The van der Waals surface area contributed by atoms with Gasteiger partial charge in [0, 0.05) is 18.1 Å². The van der Waals surface area contributed by atoms with Gasteiger partial charge in [-0.3, -0.25) is 9.59 Å². The molecule has 0 bridgehead atoms. The zero-order valence-corrected chi connectivity index (χ0v) is 12.1. The van der Waals surface area contributed by atoms with Crippen molar-refractivity contribution in [3.8, 4) is 0 Å². The lowest BCUT2D eigenvalue weighted by molar-refractivity contribution is -0.128. The molecule has 2 amide bonds. The van der Waals surface area contributed by atoms with Crippen LogP contribution >= 0.6 is 27.5 Å². The van der Waals surface area contributed by atoms with E-state index in [0.29, 0.717) is 23.6 Å². The van der Waals surface area contributed by atoms with Crippen molar-refractivity contribution < 1.29 is 9.59 Å². The Balaban J connectivity index is 2.13. The standard InChI is InChI=1S/C12H12BrClN2O2/c1-16-5-4-10(12(16)18)15-11(17)8-6-7(13)2-3-9(8)14/h2-3,6,10H,4-5H2,1H3,(H,15,17)/t10-/m0/s1. The predicted molar refractivity (Wildman–Crippen MR) is 72.7 cm³/mol. The van der Waals surface area contributed by atoms with Crippen LogP contribution in [0.15, 0.2) is 22.7 Å². The van der Waals surface area contributed by atoms with E-state index in [1.165, 1.54) is 0 Å². The predicted octanol–water partition coefficient (Wildman–Crippen LogP) is 2.06. The van der Waals surface area contributed by atoms with E-state index in [4.69, 9.17) is 11.6 Å². The summed E-state index contributed by atoms with van der Waals surface area (Å²) in [6, 6.07) is 4.59. The van der Waals surface area contributed by atoms with Gasteiger partial charge in [-0.15, -0.1) is 0 Å². The summed E-state index contributed by atoms with van der Waals surface area (Å²) in [6.45, 7) is 0.663. The maximum absolute atomic E-state index is 12.0. The van der Waals surface area contributed by atoms with Crippen LogP contribution in [-0.2, 0) is 4.79 Å². The number of benzene rings is 1. The number of halogens is 2. The molecule has 0 spiro atoms. The highest BCUT2D eigenvalue weighted by molar-refractivity contribution is 9.10. The molecule has 1 aliphatic rings. The van der Waals surface area contributed by atoms with Crippen molar-refractivity contribution in [1.29, 1.82) is 0 Å². The highest BCUT2D eigenvalue weighted by Gasteiger charge is 2.30. The number of nitrogens with zero attached hydrogens (tertiary/aromatic N) is 1. The molecule has 1 atom stereocenters. The number of carbonyl (C=O) groups is 2. The second-order valence-electron chi connectivity index (χ2n) is 4.20. The Morgan fingerprint density at radius 1 is 1.56 bits per heavy atom. The fourth-order valence-corrected chi connectivity index (χ4v) is 2.43. The van der Waals surface area contributed by atoms with Gasteiger partial charge in [-0.05, 0) is 24.6 Å². The largest absolute Gasteiger partial charge is 0.344 e. The molecule has 6 heteroatoms. The zero-order valence-electron chi connectivity index (χ0n) is 9.74. The van der Waals surface area contributed by atoms with Gasteiger partial charge in [-0.1, -0.05) is 27.5 Å². The van der Waals surface area contributed by atoms with Crippen LogP contribution in [-0.4, -0.2) is 36.3 Å². The second-order valence-corrected chi connectivity index (χ2v) is 5.52. The SMILES string of the molecule is CN1CC[C@H](NC(=O)c2cc(Br)ccc2Cl)C1=O. The topological polar surface area (TPSA) is 49.4 Å². The lowest BCUT2D eigenvalue weighted by Crippen LogP contribution is -2.40. The van der Waals surface area contributed by atoms with E-state index >= 15 is 0 Å². The minimum Gasteiger partial charge on any atom is -0.344 e. The van der Waals surface area contributed by atoms with E-state index < -0.39 is 6.04 Å². The Bertz CT molecular complexity index is 507. The van der Waals surface area contributed by atoms with Crippen molar-refractivity contribution in [3.05, 3.63) is 33.3 Å². The van der Waals surface area contributed by atoms with Crippen LogP contribution in [0.4, 0.5) is 0 Å². The molecule has 0 aromatic heterocycles. The third-order valence-corrected chi connectivity index (χ3v) is 3.73. The third-order valence-electron chi connectivity index (χ3n) is 2.91. The van der Waals surface area contributed by atoms with Crippen molar-refractivity contribution in [1.82, 2.24) is 10.2 Å². The minimum atomic E-state index is -0.447.